The minimum atomic E-state index is -1.05. The van der Waals surface area contributed by atoms with E-state index in [2.05, 4.69) is 10.4 Å². The highest BCUT2D eigenvalue weighted by Gasteiger charge is 2.20. The van der Waals surface area contributed by atoms with Crippen LogP contribution >= 0.6 is 0 Å². The Bertz CT molecular complexity index is 813. The fraction of sp³-hybridized carbons (Fsp3) is 0.412. The second kappa shape index (κ2) is 7.72. The topological polar surface area (TPSA) is 101 Å². The summed E-state index contributed by atoms with van der Waals surface area (Å²) >= 11 is 0. The fourth-order valence-electron chi connectivity index (χ4n) is 2.57. The largest absolute Gasteiger partial charge is 0.480 e. The predicted molar refractivity (Wildman–Crippen MR) is 89.8 cm³/mol. The molecular formula is C17H21N3O4. The van der Waals surface area contributed by atoms with Gasteiger partial charge in [-0.05, 0) is 12.5 Å². The monoisotopic (exact) mass is 331 g/mol. The molecule has 24 heavy (non-hydrogen) atoms. The van der Waals surface area contributed by atoms with Crippen LogP contribution in [-0.4, -0.2) is 32.8 Å². The van der Waals surface area contributed by atoms with Crippen molar-refractivity contribution < 1.29 is 14.7 Å². The number of aromatic nitrogens is 2. The molecule has 1 aromatic carbocycles. The summed E-state index contributed by atoms with van der Waals surface area (Å²) in [6.07, 6.45) is 1.88. The first-order chi connectivity index (χ1) is 11.4. The molecule has 1 aromatic heterocycles. The van der Waals surface area contributed by atoms with E-state index in [1.54, 1.807) is 24.3 Å². The number of carbonyl (C=O) groups is 2. The van der Waals surface area contributed by atoms with Gasteiger partial charge in [0.05, 0.1) is 17.5 Å². The van der Waals surface area contributed by atoms with E-state index in [1.165, 1.54) is 11.7 Å². The van der Waals surface area contributed by atoms with E-state index < -0.39 is 17.9 Å². The molecular weight excluding hydrogens is 310 g/mol. The van der Waals surface area contributed by atoms with Crippen molar-refractivity contribution in [3.63, 3.8) is 0 Å². The minimum absolute atomic E-state index is 0.0788. The molecule has 0 aliphatic heterocycles. The van der Waals surface area contributed by atoms with Crippen molar-refractivity contribution in [2.45, 2.75) is 38.6 Å². The zero-order valence-electron chi connectivity index (χ0n) is 13.8. The van der Waals surface area contributed by atoms with E-state index in [-0.39, 0.29) is 12.0 Å². The second-order valence-corrected chi connectivity index (χ2v) is 5.70. The van der Waals surface area contributed by atoms with Crippen molar-refractivity contribution in [2.24, 2.45) is 7.05 Å². The number of rotatable bonds is 7. The smallest absolute Gasteiger partial charge is 0.326 e. The quantitative estimate of drug-likeness (QED) is 0.795. The first kappa shape index (κ1) is 17.7. The summed E-state index contributed by atoms with van der Waals surface area (Å²) in [7, 11) is 1.53. The minimum Gasteiger partial charge on any atom is -0.480 e. The van der Waals surface area contributed by atoms with Crippen LogP contribution in [0.4, 0.5) is 0 Å². The van der Waals surface area contributed by atoms with Crippen LogP contribution in [0.1, 0.15) is 31.9 Å². The Labute approximate surface area is 139 Å². The van der Waals surface area contributed by atoms with Gasteiger partial charge in [0.1, 0.15) is 6.04 Å². The molecule has 1 unspecified atom stereocenters. The Morgan fingerprint density at radius 1 is 1.29 bits per heavy atom. The molecule has 0 fully saturated rings. The lowest BCUT2D eigenvalue weighted by Crippen LogP contribution is -2.41. The maximum atomic E-state index is 12.2. The van der Waals surface area contributed by atoms with Crippen LogP contribution in [0.3, 0.4) is 0 Å². The number of unbranched alkanes of at least 4 members (excludes halogenated alkanes) is 1. The van der Waals surface area contributed by atoms with Gasteiger partial charge in [-0.2, -0.15) is 5.10 Å². The third kappa shape index (κ3) is 3.98. The van der Waals surface area contributed by atoms with Gasteiger partial charge in [-0.1, -0.05) is 38.0 Å². The van der Waals surface area contributed by atoms with E-state index in [4.69, 9.17) is 0 Å². The summed E-state index contributed by atoms with van der Waals surface area (Å²) in [5.74, 6) is -1.47. The van der Waals surface area contributed by atoms with Gasteiger partial charge in [0, 0.05) is 12.4 Å². The lowest BCUT2D eigenvalue weighted by molar-refractivity contribution is -0.142. The number of hydrogen-bond acceptors (Lipinski definition) is 4. The fourth-order valence-corrected chi connectivity index (χ4v) is 2.57. The van der Waals surface area contributed by atoms with Crippen LogP contribution in [0.5, 0.6) is 0 Å². The summed E-state index contributed by atoms with van der Waals surface area (Å²) in [4.78, 5) is 35.5. The maximum absolute atomic E-state index is 12.2. The number of carbonyl (C=O) groups excluding carboxylic acids is 1. The predicted octanol–water partition coefficient (Wildman–Crippen LogP) is 1.24. The number of carboxylic acids is 1. The van der Waals surface area contributed by atoms with Gasteiger partial charge >= 0.3 is 5.97 Å². The zero-order valence-corrected chi connectivity index (χ0v) is 13.8. The van der Waals surface area contributed by atoms with E-state index in [1.807, 2.05) is 6.92 Å². The van der Waals surface area contributed by atoms with Crippen molar-refractivity contribution in [1.29, 1.82) is 0 Å². The summed E-state index contributed by atoms with van der Waals surface area (Å²) in [5.41, 5.74) is 0.214. The number of carboxylic acid groups (broad SMARTS) is 1. The van der Waals surface area contributed by atoms with Gasteiger partial charge in [0.15, 0.2) is 0 Å². The number of nitrogens with one attached hydrogen (secondary N) is 1. The normalized spacial score (nSPS) is 12.1. The molecule has 2 rings (SSSR count). The van der Waals surface area contributed by atoms with Crippen LogP contribution in [-0.2, 0) is 23.1 Å². The van der Waals surface area contributed by atoms with Gasteiger partial charge in [-0.3, -0.25) is 9.59 Å². The Balaban J connectivity index is 2.23. The average molecular weight is 331 g/mol. The van der Waals surface area contributed by atoms with Crippen LogP contribution in [0.15, 0.2) is 29.1 Å². The average Bonchev–Trinajstić information content (AvgIpc) is 2.56. The molecule has 128 valence electrons. The SMILES string of the molecule is CCCCC(NC(=O)Cc1nn(C)c(=O)c2ccccc12)C(=O)O. The van der Waals surface area contributed by atoms with Gasteiger partial charge in [-0.25, -0.2) is 9.48 Å². The molecule has 2 aromatic rings. The molecule has 1 atom stereocenters. The molecule has 2 N–H and O–H groups in total. The summed E-state index contributed by atoms with van der Waals surface area (Å²) in [5, 5.41) is 17.0. The Kier molecular flexibility index (Phi) is 5.68. The highest BCUT2D eigenvalue weighted by molar-refractivity contribution is 5.90. The second-order valence-electron chi connectivity index (χ2n) is 5.70. The third-order valence-corrected chi connectivity index (χ3v) is 3.84. The van der Waals surface area contributed by atoms with Gasteiger partial charge in [0.2, 0.25) is 5.91 Å². The molecule has 7 heteroatoms. The van der Waals surface area contributed by atoms with Gasteiger partial charge in [-0.15, -0.1) is 0 Å². The summed E-state index contributed by atoms with van der Waals surface area (Å²) < 4.78 is 1.19. The molecule has 0 aliphatic carbocycles. The highest BCUT2D eigenvalue weighted by Crippen LogP contribution is 2.13. The van der Waals surface area contributed by atoms with Crippen LogP contribution in [0, 0.1) is 0 Å². The number of aryl methyl sites for hydroxylation is 1. The van der Waals surface area contributed by atoms with Crippen LogP contribution in [0.25, 0.3) is 10.8 Å². The molecule has 0 saturated carbocycles. The maximum Gasteiger partial charge on any atom is 0.326 e. The first-order valence-electron chi connectivity index (χ1n) is 7.91. The summed E-state index contributed by atoms with van der Waals surface area (Å²) in [6.45, 7) is 1.96. The first-order valence-corrected chi connectivity index (χ1v) is 7.91. The summed E-state index contributed by atoms with van der Waals surface area (Å²) in [6, 6.07) is 6.03. The van der Waals surface area contributed by atoms with E-state index >= 15 is 0 Å². The Hall–Kier alpha value is -2.70. The zero-order chi connectivity index (χ0) is 17.7. The van der Waals surface area contributed by atoms with Crippen molar-refractivity contribution in [3.8, 4) is 0 Å². The molecule has 0 radical (unpaired) electrons. The lowest BCUT2D eigenvalue weighted by atomic mass is 10.1. The Morgan fingerprint density at radius 3 is 2.58 bits per heavy atom. The van der Waals surface area contributed by atoms with Crippen LogP contribution in [0.2, 0.25) is 0 Å². The molecule has 1 heterocycles. The molecule has 0 bridgehead atoms. The molecule has 1 amide bonds. The molecule has 0 spiro atoms. The molecule has 0 saturated heterocycles. The van der Waals surface area contributed by atoms with Crippen molar-refractivity contribution in [2.75, 3.05) is 0 Å². The highest BCUT2D eigenvalue weighted by atomic mass is 16.4. The lowest BCUT2D eigenvalue weighted by Gasteiger charge is -2.14. The number of aliphatic carboxylic acids is 1. The van der Waals surface area contributed by atoms with Crippen molar-refractivity contribution in [3.05, 3.63) is 40.3 Å². The van der Waals surface area contributed by atoms with Crippen LogP contribution < -0.4 is 10.9 Å². The Morgan fingerprint density at radius 2 is 1.96 bits per heavy atom. The van der Waals surface area contributed by atoms with Crippen molar-refractivity contribution >= 4 is 22.6 Å². The standard InChI is InChI=1S/C17H21N3O4/c1-3-4-9-13(17(23)24)18-15(21)10-14-11-7-5-6-8-12(11)16(22)20(2)19-14/h5-8,13H,3-4,9-10H2,1-2H3,(H,18,21)(H,23,24). The number of benzene rings is 1. The molecule has 0 aliphatic rings. The van der Waals surface area contributed by atoms with E-state index in [0.29, 0.717) is 22.9 Å². The molecule has 7 nitrogen and oxygen atoms in total. The van der Waals surface area contributed by atoms with Crippen molar-refractivity contribution in [1.82, 2.24) is 15.1 Å². The number of hydrogen-bond donors (Lipinski definition) is 2. The van der Waals surface area contributed by atoms with Gasteiger partial charge in [0.25, 0.3) is 5.56 Å². The number of nitrogens with zero attached hydrogens (tertiary/aromatic N) is 2. The third-order valence-electron chi connectivity index (χ3n) is 3.84. The van der Waals surface area contributed by atoms with E-state index in [9.17, 15) is 19.5 Å². The number of fused-ring (bicyclic) bond motifs is 1. The van der Waals surface area contributed by atoms with E-state index in [0.717, 1.165) is 12.8 Å². The number of amides is 1. The van der Waals surface area contributed by atoms with Gasteiger partial charge < -0.3 is 10.4 Å².